The van der Waals surface area contributed by atoms with E-state index in [9.17, 15) is 14.4 Å². The van der Waals surface area contributed by atoms with Gasteiger partial charge in [-0.2, -0.15) is 10.4 Å². The zero-order valence-corrected chi connectivity index (χ0v) is 22.8. The molecule has 1 aromatic carbocycles. The van der Waals surface area contributed by atoms with Crippen LogP contribution >= 0.6 is 0 Å². The predicted octanol–water partition coefficient (Wildman–Crippen LogP) is 4.25. The van der Waals surface area contributed by atoms with Crippen LogP contribution in [0.2, 0.25) is 0 Å². The Morgan fingerprint density at radius 2 is 1.98 bits per heavy atom. The minimum absolute atomic E-state index is 0.155. The summed E-state index contributed by atoms with van der Waals surface area (Å²) in [4.78, 5) is 33.3. The van der Waals surface area contributed by atoms with Crippen LogP contribution in [0, 0.1) is 17.1 Å². The number of nitriles is 1. The predicted molar refractivity (Wildman–Crippen MR) is 153 cm³/mol. The van der Waals surface area contributed by atoms with Crippen molar-refractivity contribution in [2.24, 2.45) is 0 Å². The molecule has 1 N–H and O–H groups in total. The lowest BCUT2D eigenvalue weighted by Gasteiger charge is -2.53. The highest BCUT2D eigenvalue weighted by molar-refractivity contribution is 5.95. The molecule has 10 nitrogen and oxygen atoms in total. The summed E-state index contributed by atoms with van der Waals surface area (Å²) in [5.41, 5.74) is 3.51. The van der Waals surface area contributed by atoms with Crippen LogP contribution in [0.3, 0.4) is 0 Å². The molecular formula is C31H28FN9O. The highest BCUT2D eigenvalue weighted by Gasteiger charge is 2.48. The number of carbonyl (C=O) groups excluding carboxylic acids is 1. The van der Waals surface area contributed by atoms with E-state index in [2.05, 4.69) is 36.0 Å². The zero-order valence-electron chi connectivity index (χ0n) is 22.8. The molecule has 0 aliphatic carbocycles. The van der Waals surface area contributed by atoms with Crippen molar-refractivity contribution in [2.75, 3.05) is 26.2 Å². The molecule has 11 heteroatoms. The quantitative estimate of drug-likeness (QED) is 0.329. The fourth-order valence-electron chi connectivity index (χ4n) is 6.28. The molecule has 0 radical (unpaired) electrons. The van der Waals surface area contributed by atoms with Crippen molar-refractivity contribution in [2.45, 2.75) is 30.8 Å². The van der Waals surface area contributed by atoms with Crippen LogP contribution in [0.4, 0.5) is 4.39 Å². The number of pyridine rings is 1. The third-order valence-electron chi connectivity index (χ3n) is 8.56. The average Bonchev–Trinajstić information content (AvgIpc) is 3.70. The molecule has 4 aromatic heterocycles. The number of fused-ring (bicyclic) bond motifs is 1. The normalized spacial score (nSPS) is 17.2. The van der Waals surface area contributed by atoms with Crippen LogP contribution in [0.15, 0.2) is 73.7 Å². The van der Waals surface area contributed by atoms with Crippen molar-refractivity contribution in [3.05, 3.63) is 85.1 Å². The molecule has 7 rings (SSSR count). The van der Waals surface area contributed by atoms with Crippen LogP contribution in [0.5, 0.6) is 0 Å². The molecule has 42 heavy (non-hydrogen) atoms. The maximum Gasteiger partial charge on any atom is 0.253 e. The van der Waals surface area contributed by atoms with E-state index >= 15 is 0 Å². The van der Waals surface area contributed by atoms with Gasteiger partial charge in [-0.05, 0) is 37.1 Å². The van der Waals surface area contributed by atoms with Gasteiger partial charge in [0.05, 0.1) is 24.4 Å². The van der Waals surface area contributed by atoms with E-state index in [1.807, 2.05) is 23.1 Å². The molecule has 2 aliphatic rings. The summed E-state index contributed by atoms with van der Waals surface area (Å²) in [7, 11) is 0. The second kappa shape index (κ2) is 10.5. The summed E-state index contributed by atoms with van der Waals surface area (Å²) in [6.07, 6.45) is 12.4. The van der Waals surface area contributed by atoms with E-state index in [0.29, 0.717) is 55.3 Å². The largest absolute Gasteiger partial charge is 0.346 e. The van der Waals surface area contributed by atoms with Crippen molar-refractivity contribution in [3.8, 4) is 28.5 Å². The summed E-state index contributed by atoms with van der Waals surface area (Å²) < 4.78 is 16.8. The Bertz CT molecular complexity index is 1790. The molecule has 0 unspecified atom stereocenters. The third-order valence-corrected chi connectivity index (χ3v) is 8.56. The Morgan fingerprint density at radius 3 is 2.74 bits per heavy atom. The van der Waals surface area contributed by atoms with Crippen LogP contribution in [-0.4, -0.2) is 77.6 Å². The number of H-pyrrole nitrogens is 1. The van der Waals surface area contributed by atoms with Gasteiger partial charge in [0.1, 0.15) is 23.3 Å². The van der Waals surface area contributed by atoms with Crippen LogP contribution in [0.25, 0.3) is 33.4 Å². The number of carbonyl (C=O) groups is 1. The van der Waals surface area contributed by atoms with Crippen LogP contribution in [-0.2, 0) is 5.54 Å². The fourth-order valence-corrected chi connectivity index (χ4v) is 6.28. The number of amides is 1. The number of likely N-dealkylation sites (tertiary alicyclic amines) is 2. The van der Waals surface area contributed by atoms with Crippen molar-refractivity contribution >= 4 is 16.9 Å². The number of benzene rings is 1. The number of rotatable bonds is 6. The first-order valence-corrected chi connectivity index (χ1v) is 14.0. The van der Waals surface area contributed by atoms with Gasteiger partial charge in [-0.15, -0.1) is 0 Å². The Morgan fingerprint density at radius 1 is 1.12 bits per heavy atom. The van der Waals surface area contributed by atoms with E-state index < -0.39 is 11.4 Å². The molecule has 2 saturated heterocycles. The smallest absolute Gasteiger partial charge is 0.253 e. The molecule has 0 spiro atoms. The maximum absolute atomic E-state index is 14.9. The lowest BCUT2D eigenvalue weighted by Crippen LogP contribution is -2.66. The van der Waals surface area contributed by atoms with Crippen molar-refractivity contribution in [1.82, 2.24) is 39.5 Å². The van der Waals surface area contributed by atoms with Crippen LogP contribution < -0.4 is 0 Å². The Labute approximate surface area is 241 Å². The van der Waals surface area contributed by atoms with E-state index in [-0.39, 0.29) is 5.91 Å². The van der Waals surface area contributed by atoms with E-state index in [1.165, 1.54) is 12.4 Å². The fraction of sp³-hybridized carbons (Fsp3) is 0.290. The third kappa shape index (κ3) is 4.50. The summed E-state index contributed by atoms with van der Waals surface area (Å²) in [5.74, 6) is -0.588. The molecule has 210 valence electrons. The second-order valence-electron chi connectivity index (χ2n) is 11.1. The molecule has 5 aromatic rings. The van der Waals surface area contributed by atoms with Gasteiger partial charge in [-0.3, -0.25) is 19.4 Å². The number of aromatic amines is 1. The van der Waals surface area contributed by atoms with Crippen molar-refractivity contribution in [3.63, 3.8) is 0 Å². The van der Waals surface area contributed by atoms with Crippen LogP contribution in [0.1, 0.15) is 29.6 Å². The van der Waals surface area contributed by atoms with Crippen molar-refractivity contribution < 1.29 is 9.18 Å². The molecule has 1 amide bonds. The molecule has 0 atom stereocenters. The van der Waals surface area contributed by atoms with Gasteiger partial charge in [0, 0.05) is 84.6 Å². The Balaban J connectivity index is 0.995. The second-order valence-corrected chi connectivity index (χ2v) is 11.1. The number of halogens is 1. The molecule has 0 saturated carbocycles. The number of hydrogen-bond donors (Lipinski definition) is 1. The Kier molecular flexibility index (Phi) is 6.47. The SMILES string of the molecule is N#CCC1(n2cc(-c3ncnc4[nH]ccc34)cn2)CN(C2CCN(C(=O)c3ccc(-c4cccnc4)c(F)c3)CC2)C1. The van der Waals surface area contributed by atoms with Gasteiger partial charge in [0.25, 0.3) is 5.91 Å². The van der Waals surface area contributed by atoms with E-state index in [4.69, 9.17) is 0 Å². The molecule has 2 fully saturated rings. The summed E-state index contributed by atoms with van der Waals surface area (Å²) in [6, 6.07) is 12.8. The summed E-state index contributed by atoms with van der Waals surface area (Å²) >= 11 is 0. The number of hydrogen-bond acceptors (Lipinski definition) is 7. The molecule has 0 bridgehead atoms. The molecule has 2 aliphatic heterocycles. The van der Waals surface area contributed by atoms with Gasteiger partial charge in [-0.1, -0.05) is 12.1 Å². The Hall–Kier alpha value is -4.95. The highest BCUT2D eigenvalue weighted by atomic mass is 19.1. The monoisotopic (exact) mass is 561 g/mol. The van der Waals surface area contributed by atoms with E-state index in [0.717, 1.165) is 35.1 Å². The topological polar surface area (TPSA) is 120 Å². The first-order valence-electron chi connectivity index (χ1n) is 14.0. The lowest BCUT2D eigenvalue weighted by atomic mass is 9.83. The van der Waals surface area contributed by atoms with E-state index in [1.54, 1.807) is 47.8 Å². The zero-order chi connectivity index (χ0) is 28.7. The number of piperidine rings is 1. The van der Waals surface area contributed by atoms with Crippen molar-refractivity contribution in [1.29, 1.82) is 5.26 Å². The van der Waals surface area contributed by atoms with Gasteiger partial charge in [0.2, 0.25) is 0 Å². The number of aromatic nitrogens is 6. The summed E-state index contributed by atoms with van der Waals surface area (Å²) in [5, 5.41) is 15.2. The minimum atomic E-state index is -0.433. The maximum atomic E-state index is 14.9. The number of nitrogens with zero attached hydrogens (tertiary/aromatic N) is 8. The lowest BCUT2D eigenvalue weighted by molar-refractivity contribution is -0.0412. The van der Waals surface area contributed by atoms with Gasteiger partial charge in [0.15, 0.2) is 0 Å². The summed E-state index contributed by atoms with van der Waals surface area (Å²) in [6.45, 7) is 2.63. The minimum Gasteiger partial charge on any atom is -0.346 e. The van der Waals surface area contributed by atoms with Gasteiger partial charge >= 0.3 is 0 Å². The van der Waals surface area contributed by atoms with Gasteiger partial charge < -0.3 is 9.88 Å². The average molecular weight is 562 g/mol. The first kappa shape index (κ1) is 26.0. The molecular weight excluding hydrogens is 533 g/mol. The first-order chi connectivity index (χ1) is 20.5. The highest BCUT2D eigenvalue weighted by Crippen LogP contribution is 2.37. The number of nitrogens with one attached hydrogen (secondary N) is 1. The molecule has 6 heterocycles. The standard InChI is InChI=1S/C31H28FN9O/c32-27-14-21(3-4-25(27)22-2-1-10-34-15-22)30(42)39-12-6-24(7-13-39)40-18-31(19-40,8-9-33)41-17-23(16-38-41)28-26-5-11-35-29(26)37-20-36-28/h1-5,10-11,14-17,20,24H,6-8,12-13,18-19H2,(H,35,36,37). The van der Waals surface area contributed by atoms with Gasteiger partial charge in [-0.25, -0.2) is 14.4 Å².